The highest BCUT2D eigenvalue weighted by molar-refractivity contribution is 7.09. The first-order chi connectivity index (χ1) is 12.2. The fourth-order valence-corrected chi connectivity index (χ4v) is 3.43. The van der Waals surface area contributed by atoms with Gasteiger partial charge in [0.1, 0.15) is 5.82 Å². The SMILES string of the molecule is O=C(Nc1ccnn1Cc1cccs1)C(=O)N1CCN(CCO)CC1. The van der Waals surface area contributed by atoms with Crippen molar-refractivity contribution in [1.82, 2.24) is 19.6 Å². The van der Waals surface area contributed by atoms with Gasteiger partial charge in [-0.25, -0.2) is 4.68 Å². The zero-order chi connectivity index (χ0) is 17.6. The zero-order valence-electron chi connectivity index (χ0n) is 13.8. The first-order valence-corrected chi connectivity index (χ1v) is 9.03. The summed E-state index contributed by atoms with van der Waals surface area (Å²) in [5.41, 5.74) is 0. The molecule has 134 valence electrons. The molecule has 0 aromatic carbocycles. The highest BCUT2D eigenvalue weighted by Crippen LogP contribution is 2.14. The second-order valence-corrected chi connectivity index (χ2v) is 6.80. The molecule has 1 aliphatic rings. The molecule has 0 unspecified atom stereocenters. The van der Waals surface area contributed by atoms with Gasteiger partial charge in [0.05, 0.1) is 19.3 Å². The van der Waals surface area contributed by atoms with Crippen molar-refractivity contribution in [2.45, 2.75) is 6.54 Å². The van der Waals surface area contributed by atoms with Gasteiger partial charge < -0.3 is 15.3 Å². The van der Waals surface area contributed by atoms with E-state index in [1.165, 1.54) is 0 Å². The van der Waals surface area contributed by atoms with Crippen LogP contribution in [0, 0.1) is 0 Å². The monoisotopic (exact) mass is 363 g/mol. The molecule has 0 spiro atoms. The number of aromatic nitrogens is 2. The molecular weight excluding hydrogens is 342 g/mol. The zero-order valence-corrected chi connectivity index (χ0v) is 14.6. The lowest BCUT2D eigenvalue weighted by Gasteiger charge is -2.33. The number of rotatable bonds is 5. The van der Waals surface area contributed by atoms with Gasteiger partial charge in [0.15, 0.2) is 0 Å². The van der Waals surface area contributed by atoms with Gasteiger partial charge in [-0.3, -0.25) is 14.5 Å². The van der Waals surface area contributed by atoms with E-state index in [-0.39, 0.29) is 6.61 Å². The fourth-order valence-electron chi connectivity index (χ4n) is 2.74. The van der Waals surface area contributed by atoms with Crippen LogP contribution in [0.15, 0.2) is 29.8 Å². The van der Waals surface area contributed by atoms with Crippen LogP contribution in [0.5, 0.6) is 0 Å². The van der Waals surface area contributed by atoms with Crippen molar-refractivity contribution < 1.29 is 14.7 Å². The Morgan fingerprint density at radius 3 is 2.72 bits per heavy atom. The second kappa shape index (κ2) is 8.24. The molecule has 0 radical (unpaired) electrons. The van der Waals surface area contributed by atoms with E-state index in [4.69, 9.17) is 5.11 Å². The van der Waals surface area contributed by atoms with Crippen LogP contribution in [0.4, 0.5) is 5.82 Å². The van der Waals surface area contributed by atoms with Crippen LogP contribution >= 0.6 is 11.3 Å². The Morgan fingerprint density at radius 1 is 1.24 bits per heavy atom. The lowest BCUT2D eigenvalue weighted by molar-refractivity contribution is -0.144. The van der Waals surface area contributed by atoms with E-state index in [0.717, 1.165) is 4.88 Å². The number of carbonyl (C=O) groups excluding carboxylic acids is 2. The number of aliphatic hydroxyl groups excluding tert-OH is 1. The van der Waals surface area contributed by atoms with E-state index in [0.29, 0.717) is 45.1 Å². The van der Waals surface area contributed by atoms with Crippen molar-refractivity contribution >= 4 is 29.0 Å². The van der Waals surface area contributed by atoms with Crippen molar-refractivity contribution in [2.24, 2.45) is 0 Å². The van der Waals surface area contributed by atoms with Gasteiger partial charge >= 0.3 is 11.8 Å². The summed E-state index contributed by atoms with van der Waals surface area (Å²) in [5.74, 6) is -0.679. The van der Waals surface area contributed by atoms with Crippen LogP contribution in [-0.2, 0) is 16.1 Å². The van der Waals surface area contributed by atoms with Gasteiger partial charge in [-0.1, -0.05) is 6.07 Å². The quantitative estimate of drug-likeness (QED) is 0.734. The summed E-state index contributed by atoms with van der Waals surface area (Å²) in [6, 6.07) is 5.63. The number of hydrogen-bond donors (Lipinski definition) is 2. The molecule has 9 heteroatoms. The largest absolute Gasteiger partial charge is 0.395 e. The minimum absolute atomic E-state index is 0.0999. The number of aliphatic hydroxyl groups is 1. The van der Waals surface area contributed by atoms with Gasteiger partial charge in [0, 0.05) is 43.7 Å². The maximum absolute atomic E-state index is 12.3. The summed E-state index contributed by atoms with van der Waals surface area (Å²) in [7, 11) is 0. The number of nitrogens with one attached hydrogen (secondary N) is 1. The Morgan fingerprint density at radius 2 is 2.04 bits per heavy atom. The molecule has 0 atom stereocenters. The topological polar surface area (TPSA) is 90.7 Å². The predicted molar refractivity (Wildman–Crippen MR) is 94.4 cm³/mol. The molecule has 25 heavy (non-hydrogen) atoms. The smallest absolute Gasteiger partial charge is 0.315 e. The molecule has 1 saturated heterocycles. The molecule has 1 aliphatic heterocycles. The summed E-state index contributed by atoms with van der Waals surface area (Å²) >= 11 is 1.61. The molecule has 8 nitrogen and oxygen atoms in total. The van der Waals surface area contributed by atoms with Gasteiger partial charge in [0.25, 0.3) is 0 Å². The van der Waals surface area contributed by atoms with Crippen LogP contribution in [0.3, 0.4) is 0 Å². The Kier molecular flexibility index (Phi) is 5.79. The summed E-state index contributed by atoms with van der Waals surface area (Å²) in [6.07, 6.45) is 1.60. The molecule has 2 aromatic rings. The minimum Gasteiger partial charge on any atom is -0.395 e. The van der Waals surface area contributed by atoms with Crippen molar-refractivity contribution in [3.8, 4) is 0 Å². The molecule has 1 fully saturated rings. The number of thiophene rings is 1. The average Bonchev–Trinajstić information content (AvgIpc) is 3.28. The molecule has 3 heterocycles. The summed E-state index contributed by atoms with van der Waals surface area (Å²) in [4.78, 5) is 29.3. The standard InChI is InChI=1S/C16H21N5O3S/c22-10-9-19-5-7-20(8-6-19)16(24)15(23)18-14-3-4-17-21(14)12-13-2-1-11-25-13/h1-4,11,22H,5-10,12H2,(H,18,23). The number of β-amino-alcohol motifs (C(OH)–C–C–N with tert-alkyl or cyclic N) is 1. The second-order valence-electron chi connectivity index (χ2n) is 5.77. The van der Waals surface area contributed by atoms with Crippen LogP contribution in [0.25, 0.3) is 0 Å². The minimum atomic E-state index is -0.650. The number of piperazine rings is 1. The lowest BCUT2D eigenvalue weighted by Crippen LogP contribution is -2.52. The lowest BCUT2D eigenvalue weighted by atomic mass is 10.3. The Hall–Kier alpha value is -2.23. The average molecular weight is 363 g/mol. The molecule has 2 N–H and O–H groups in total. The summed E-state index contributed by atoms with van der Waals surface area (Å²) in [5, 5.41) is 17.8. The van der Waals surface area contributed by atoms with Crippen molar-refractivity contribution in [2.75, 3.05) is 44.6 Å². The van der Waals surface area contributed by atoms with E-state index in [2.05, 4.69) is 15.3 Å². The van der Waals surface area contributed by atoms with Crippen molar-refractivity contribution in [1.29, 1.82) is 0 Å². The molecule has 0 aliphatic carbocycles. The molecule has 2 amide bonds. The highest BCUT2D eigenvalue weighted by atomic mass is 32.1. The highest BCUT2D eigenvalue weighted by Gasteiger charge is 2.26. The normalized spacial score (nSPS) is 15.3. The Labute approximate surface area is 149 Å². The van der Waals surface area contributed by atoms with Crippen LogP contribution in [0.2, 0.25) is 0 Å². The Balaban J connectivity index is 1.56. The third-order valence-corrected chi connectivity index (χ3v) is 4.97. The first-order valence-electron chi connectivity index (χ1n) is 8.15. The first kappa shape index (κ1) is 17.6. The summed E-state index contributed by atoms with van der Waals surface area (Å²) in [6.45, 7) is 3.54. The van der Waals surface area contributed by atoms with E-state index in [9.17, 15) is 9.59 Å². The number of anilines is 1. The van der Waals surface area contributed by atoms with Crippen molar-refractivity contribution in [3.63, 3.8) is 0 Å². The number of amides is 2. The maximum Gasteiger partial charge on any atom is 0.315 e. The van der Waals surface area contributed by atoms with Gasteiger partial charge in [-0.05, 0) is 11.4 Å². The number of hydrogen-bond acceptors (Lipinski definition) is 6. The van der Waals surface area contributed by atoms with E-state index < -0.39 is 11.8 Å². The van der Waals surface area contributed by atoms with Crippen LogP contribution in [-0.4, -0.2) is 75.8 Å². The van der Waals surface area contributed by atoms with Gasteiger partial charge in [-0.2, -0.15) is 5.10 Å². The van der Waals surface area contributed by atoms with Gasteiger partial charge in [-0.15, -0.1) is 11.3 Å². The third kappa shape index (κ3) is 4.44. The summed E-state index contributed by atoms with van der Waals surface area (Å²) < 4.78 is 1.66. The predicted octanol–water partition coefficient (Wildman–Crippen LogP) is 0.0679. The fraction of sp³-hybridized carbons (Fsp3) is 0.438. The van der Waals surface area contributed by atoms with E-state index in [1.807, 2.05) is 17.5 Å². The van der Waals surface area contributed by atoms with Crippen LogP contribution in [0.1, 0.15) is 4.88 Å². The number of carbonyl (C=O) groups is 2. The molecule has 2 aromatic heterocycles. The molecule has 0 bridgehead atoms. The van der Waals surface area contributed by atoms with Crippen LogP contribution < -0.4 is 5.32 Å². The molecule has 3 rings (SSSR count). The van der Waals surface area contributed by atoms with Crippen molar-refractivity contribution in [3.05, 3.63) is 34.7 Å². The molecule has 0 saturated carbocycles. The van der Waals surface area contributed by atoms with E-state index >= 15 is 0 Å². The number of nitrogens with zero attached hydrogens (tertiary/aromatic N) is 4. The van der Waals surface area contributed by atoms with E-state index in [1.54, 1.807) is 33.2 Å². The third-order valence-electron chi connectivity index (χ3n) is 4.11. The maximum atomic E-state index is 12.3. The molecular formula is C16H21N5O3S. The Bertz CT molecular complexity index is 707. The van der Waals surface area contributed by atoms with Gasteiger partial charge in [0.2, 0.25) is 0 Å².